The Balaban J connectivity index is 2.62. The lowest BCUT2D eigenvalue weighted by Gasteiger charge is -2.11. The Kier molecular flexibility index (Phi) is 3.73. The van der Waals surface area contributed by atoms with Crippen molar-refractivity contribution in [3.8, 4) is 11.5 Å². The third-order valence-corrected chi connectivity index (χ3v) is 1.82. The van der Waals surface area contributed by atoms with Gasteiger partial charge in [0.25, 0.3) is 0 Å². The van der Waals surface area contributed by atoms with Gasteiger partial charge in [0, 0.05) is 6.54 Å². The number of aliphatic hydroxyl groups excluding tert-OH is 1. The molecule has 1 rings (SSSR count). The molecular weight excluding hydrogens is 182 g/mol. The molecule has 0 aliphatic carbocycles. The van der Waals surface area contributed by atoms with Gasteiger partial charge in [-0.15, -0.1) is 0 Å². The summed E-state index contributed by atoms with van der Waals surface area (Å²) in [5.41, 5.74) is 6.20. The molecule has 1 aromatic rings. The Bertz CT molecular complexity index is 301. The third kappa shape index (κ3) is 2.90. The Morgan fingerprint density at radius 3 is 2.86 bits per heavy atom. The zero-order chi connectivity index (χ0) is 10.6. The fraction of sp³-hybridized carbons (Fsp3) is 0.400. The average Bonchev–Trinajstić information content (AvgIpc) is 2.19. The number of phenolic OH excluding ortho intramolecular Hbond substituents is 1. The monoisotopic (exact) mass is 197 g/mol. The molecule has 4 N–H and O–H groups in total. The molecule has 0 heterocycles. The molecule has 0 aromatic heterocycles. The van der Waals surface area contributed by atoms with Crippen LogP contribution < -0.4 is 10.5 Å². The van der Waals surface area contributed by atoms with E-state index in [1.807, 2.05) is 6.92 Å². The van der Waals surface area contributed by atoms with Crippen molar-refractivity contribution < 1.29 is 14.9 Å². The molecule has 0 aliphatic heterocycles. The normalized spacial score (nSPS) is 12.5. The minimum Gasteiger partial charge on any atom is -0.504 e. The van der Waals surface area contributed by atoms with E-state index in [4.69, 9.17) is 15.6 Å². The second kappa shape index (κ2) is 4.83. The lowest BCUT2D eigenvalue weighted by Crippen LogP contribution is -2.26. The molecule has 78 valence electrons. The summed E-state index contributed by atoms with van der Waals surface area (Å²) >= 11 is 0. The summed E-state index contributed by atoms with van der Waals surface area (Å²) in [4.78, 5) is 0. The Hall–Kier alpha value is -1.26. The summed E-state index contributed by atoms with van der Waals surface area (Å²) < 4.78 is 5.19. The average molecular weight is 197 g/mol. The zero-order valence-electron chi connectivity index (χ0n) is 8.10. The van der Waals surface area contributed by atoms with Crippen molar-refractivity contribution in [2.75, 3.05) is 13.2 Å². The second-order valence-corrected chi connectivity index (χ2v) is 3.17. The molecule has 14 heavy (non-hydrogen) atoms. The number of phenols is 1. The maximum atomic E-state index is 9.38. The van der Waals surface area contributed by atoms with Crippen molar-refractivity contribution in [3.63, 3.8) is 0 Å². The number of aromatic hydroxyl groups is 1. The van der Waals surface area contributed by atoms with Crippen LogP contribution in [0.15, 0.2) is 18.2 Å². The first-order valence-corrected chi connectivity index (χ1v) is 4.44. The Morgan fingerprint density at radius 1 is 1.50 bits per heavy atom. The van der Waals surface area contributed by atoms with Crippen LogP contribution in [0.25, 0.3) is 0 Å². The van der Waals surface area contributed by atoms with Crippen LogP contribution in [-0.4, -0.2) is 29.5 Å². The minimum atomic E-state index is -0.699. The zero-order valence-corrected chi connectivity index (χ0v) is 8.10. The van der Waals surface area contributed by atoms with E-state index >= 15 is 0 Å². The third-order valence-electron chi connectivity index (χ3n) is 1.82. The fourth-order valence-electron chi connectivity index (χ4n) is 0.991. The summed E-state index contributed by atoms with van der Waals surface area (Å²) in [7, 11) is 0. The standard InChI is InChI=1S/C10H15NO3/c1-7-2-3-9(13)10(4-7)14-6-8(12)5-11/h2-4,8,12-13H,5-6,11H2,1H3. The molecule has 0 bridgehead atoms. The maximum absolute atomic E-state index is 9.38. The van der Waals surface area contributed by atoms with Crippen molar-refractivity contribution in [1.29, 1.82) is 0 Å². The minimum absolute atomic E-state index is 0.0693. The largest absolute Gasteiger partial charge is 0.504 e. The highest BCUT2D eigenvalue weighted by molar-refractivity contribution is 5.41. The molecular formula is C10H15NO3. The van der Waals surface area contributed by atoms with Gasteiger partial charge in [0.05, 0.1) is 0 Å². The summed E-state index contributed by atoms with van der Waals surface area (Å²) in [5, 5.41) is 18.5. The van der Waals surface area contributed by atoms with Crippen molar-refractivity contribution >= 4 is 0 Å². The molecule has 4 heteroatoms. The van der Waals surface area contributed by atoms with E-state index in [2.05, 4.69) is 0 Å². The van der Waals surface area contributed by atoms with Crippen LogP contribution in [0.3, 0.4) is 0 Å². The van der Waals surface area contributed by atoms with Gasteiger partial charge < -0.3 is 20.7 Å². The summed E-state index contributed by atoms with van der Waals surface area (Å²) in [6.07, 6.45) is -0.699. The Morgan fingerprint density at radius 2 is 2.21 bits per heavy atom. The van der Waals surface area contributed by atoms with E-state index in [9.17, 15) is 5.11 Å². The number of ether oxygens (including phenoxy) is 1. The molecule has 0 radical (unpaired) electrons. The van der Waals surface area contributed by atoms with Gasteiger partial charge in [-0.25, -0.2) is 0 Å². The van der Waals surface area contributed by atoms with Crippen LogP contribution in [0.1, 0.15) is 5.56 Å². The molecule has 1 aromatic carbocycles. The van der Waals surface area contributed by atoms with Crippen LogP contribution in [-0.2, 0) is 0 Å². The summed E-state index contributed by atoms with van der Waals surface area (Å²) in [6.45, 7) is 2.13. The first-order valence-electron chi connectivity index (χ1n) is 4.44. The van der Waals surface area contributed by atoms with Crippen LogP contribution in [0.2, 0.25) is 0 Å². The van der Waals surface area contributed by atoms with E-state index in [0.29, 0.717) is 5.75 Å². The van der Waals surface area contributed by atoms with Gasteiger partial charge >= 0.3 is 0 Å². The molecule has 1 atom stereocenters. The molecule has 0 spiro atoms. The van der Waals surface area contributed by atoms with Gasteiger partial charge in [-0.3, -0.25) is 0 Å². The Labute approximate surface area is 82.9 Å². The van der Waals surface area contributed by atoms with Gasteiger partial charge in [-0.1, -0.05) is 6.07 Å². The van der Waals surface area contributed by atoms with E-state index in [1.54, 1.807) is 18.2 Å². The lowest BCUT2D eigenvalue weighted by molar-refractivity contribution is 0.112. The SMILES string of the molecule is Cc1ccc(O)c(OCC(O)CN)c1. The van der Waals surface area contributed by atoms with E-state index in [0.717, 1.165) is 5.56 Å². The first-order chi connectivity index (χ1) is 6.63. The summed E-state index contributed by atoms with van der Waals surface area (Å²) in [5.74, 6) is 0.442. The molecule has 0 fully saturated rings. The number of nitrogens with two attached hydrogens (primary N) is 1. The topological polar surface area (TPSA) is 75.7 Å². The van der Waals surface area contributed by atoms with Crippen LogP contribution in [0.4, 0.5) is 0 Å². The van der Waals surface area contributed by atoms with Crippen molar-refractivity contribution in [1.82, 2.24) is 0 Å². The summed E-state index contributed by atoms with van der Waals surface area (Å²) in [6, 6.07) is 5.04. The molecule has 0 aliphatic rings. The highest BCUT2D eigenvalue weighted by atomic mass is 16.5. The number of hydrogen-bond donors (Lipinski definition) is 3. The molecule has 1 unspecified atom stereocenters. The highest BCUT2D eigenvalue weighted by Crippen LogP contribution is 2.26. The number of rotatable bonds is 4. The smallest absolute Gasteiger partial charge is 0.161 e. The lowest BCUT2D eigenvalue weighted by atomic mass is 10.2. The van der Waals surface area contributed by atoms with Gasteiger partial charge in [0.2, 0.25) is 0 Å². The van der Waals surface area contributed by atoms with E-state index < -0.39 is 6.10 Å². The second-order valence-electron chi connectivity index (χ2n) is 3.17. The maximum Gasteiger partial charge on any atom is 0.161 e. The number of aryl methyl sites for hydroxylation is 1. The van der Waals surface area contributed by atoms with Crippen LogP contribution in [0, 0.1) is 6.92 Å². The van der Waals surface area contributed by atoms with Gasteiger partial charge in [0.15, 0.2) is 11.5 Å². The van der Waals surface area contributed by atoms with Gasteiger partial charge in [-0.05, 0) is 24.6 Å². The molecule has 0 saturated carbocycles. The highest BCUT2D eigenvalue weighted by Gasteiger charge is 2.05. The van der Waals surface area contributed by atoms with Crippen molar-refractivity contribution in [2.24, 2.45) is 5.73 Å². The number of aliphatic hydroxyl groups is 1. The fourth-order valence-corrected chi connectivity index (χ4v) is 0.991. The van der Waals surface area contributed by atoms with Crippen molar-refractivity contribution in [2.45, 2.75) is 13.0 Å². The van der Waals surface area contributed by atoms with Crippen LogP contribution >= 0.6 is 0 Å². The van der Waals surface area contributed by atoms with Crippen molar-refractivity contribution in [3.05, 3.63) is 23.8 Å². The molecule has 0 amide bonds. The first kappa shape index (κ1) is 10.8. The van der Waals surface area contributed by atoms with Crippen LogP contribution in [0.5, 0.6) is 11.5 Å². The van der Waals surface area contributed by atoms with Gasteiger partial charge in [-0.2, -0.15) is 0 Å². The predicted octanol–water partition coefficient (Wildman–Crippen LogP) is 0.399. The van der Waals surface area contributed by atoms with E-state index in [-0.39, 0.29) is 18.9 Å². The number of hydrogen-bond acceptors (Lipinski definition) is 4. The molecule has 4 nitrogen and oxygen atoms in total. The quantitative estimate of drug-likeness (QED) is 0.653. The van der Waals surface area contributed by atoms with Gasteiger partial charge in [0.1, 0.15) is 12.7 Å². The number of benzene rings is 1. The predicted molar refractivity (Wildman–Crippen MR) is 53.4 cm³/mol. The molecule has 0 saturated heterocycles. The van der Waals surface area contributed by atoms with E-state index in [1.165, 1.54) is 0 Å².